The van der Waals surface area contributed by atoms with Crippen molar-refractivity contribution in [2.75, 3.05) is 7.11 Å². The number of hydrogen-bond donors (Lipinski definition) is 0. The van der Waals surface area contributed by atoms with Crippen LogP contribution >= 0.6 is 0 Å². The minimum atomic E-state index is -1.09. The highest BCUT2D eigenvalue weighted by molar-refractivity contribution is 5.97. The molecule has 1 rings (SSSR count). The van der Waals surface area contributed by atoms with Crippen molar-refractivity contribution in [1.82, 2.24) is 0 Å². The van der Waals surface area contributed by atoms with Gasteiger partial charge in [0.15, 0.2) is 5.78 Å². The first-order chi connectivity index (χ1) is 7.82. The van der Waals surface area contributed by atoms with Crippen molar-refractivity contribution in [3.8, 4) is 0 Å². The first-order valence-electron chi connectivity index (χ1n) is 5.03. The second-order valence-corrected chi connectivity index (χ2v) is 4.00. The Labute approximate surface area is 98.5 Å². The molecule has 94 valence electrons. The first kappa shape index (κ1) is 13.2. The minimum absolute atomic E-state index is 0.131. The molecule has 0 spiro atoms. The summed E-state index contributed by atoms with van der Waals surface area (Å²) in [5, 5.41) is 0. The largest absolute Gasteiger partial charge is 0.469 e. The van der Waals surface area contributed by atoms with Gasteiger partial charge in [0.2, 0.25) is 5.79 Å². The van der Waals surface area contributed by atoms with Crippen molar-refractivity contribution in [3.05, 3.63) is 11.8 Å². The highest BCUT2D eigenvalue weighted by atomic mass is 16.7. The van der Waals surface area contributed by atoms with Crippen LogP contribution in [0.5, 0.6) is 0 Å². The van der Waals surface area contributed by atoms with Crippen molar-refractivity contribution < 1.29 is 28.6 Å². The van der Waals surface area contributed by atoms with Gasteiger partial charge in [0, 0.05) is 13.8 Å². The zero-order valence-electron chi connectivity index (χ0n) is 9.94. The molecule has 1 aliphatic heterocycles. The van der Waals surface area contributed by atoms with E-state index in [4.69, 9.17) is 9.47 Å². The van der Waals surface area contributed by atoms with E-state index in [0.717, 1.165) is 6.08 Å². The summed E-state index contributed by atoms with van der Waals surface area (Å²) in [7, 11) is 1.20. The molecule has 0 saturated carbocycles. The second kappa shape index (κ2) is 4.99. The molecule has 1 heterocycles. The molecule has 0 radical (unpaired) electrons. The molecular weight excluding hydrogens is 228 g/mol. The monoisotopic (exact) mass is 242 g/mol. The summed E-state index contributed by atoms with van der Waals surface area (Å²) in [5.41, 5.74) is 0. The normalized spacial score (nSPS) is 17.6. The van der Waals surface area contributed by atoms with E-state index in [1.165, 1.54) is 7.11 Å². The molecule has 1 aliphatic rings. The van der Waals surface area contributed by atoms with Crippen LogP contribution in [-0.4, -0.2) is 30.6 Å². The van der Waals surface area contributed by atoms with Gasteiger partial charge in [0.25, 0.3) is 0 Å². The number of carbonyl (C=O) groups excluding carboxylic acids is 3. The minimum Gasteiger partial charge on any atom is -0.469 e. The Morgan fingerprint density at radius 2 is 2.00 bits per heavy atom. The number of ketones is 1. The van der Waals surface area contributed by atoms with E-state index in [-0.39, 0.29) is 24.4 Å². The standard InChI is InChI=1S/C11H14O6/c1-11(2)16-8(6-10(14)17-11)4-7(12)5-9(13)15-3/h6H,4-5H2,1-3H3. The molecule has 0 aromatic rings. The van der Waals surface area contributed by atoms with Crippen LogP contribution in [0.15, 0.2) is 11.8 Å². The molecule has 6 nitrogen and oxygen atoms in total. The number of rotatable bonds is 4. The van der Waals surface area contributed by atoms with Gasteiger partial charge in [-0.1, -0.05) is 0 Å². The van der Waals surface area contributed by atoms with Crippen LogP contribution < -0.4 is 0 Å². The molecule has 6 heteroatoms. The fraction of sp³-hybridized carbons (Fsp3) is 0.545. The van der Waals surface area contributed by atoms with E-state index in [1.807, 2.05) is 0 Å². The van der Waals surface area contributed by atoms with Gasteiger partial charge in [-0.15, -0.1) is 0 Å². The smallest absolute Gasteiger partial charge is 0.337 e. The summed E-state index contributed by atoms with van der Waals surface area (Å²) in [5.74, 6) is -2.46. The predicted octanol–water partition coefficient (Wildman–Crippen LogP) is 0.702. The van der Waals surface area contributed by atoms with Gasteiger partial charge in [-0.2, -0.15) is 0 Å². The van der Waals surface area contributed by atoms with Gasteiger partial charge in [-0.3, -0.25) is 9.59 Å². The highest BCUT2D eigenvalue weighted by Crippen LogP contribution is 2.24. The van der Waals surface area contributed by atoms with Crippen LogP contribution in [0.1, 0.15) is 26.7 Å². The lowest BCUT2D eigenvalue weighted by molar-refractivity contribution is -0.205. The van der Waals surface area contributed by atoms with E-state index >= 15 is 0 Å². The number of esters is 2. The van der Waals surface area contributed by atoms with Crippen molar-refractivity contribution in [2.45, 2.75) is 32.5 Å². The van der Waals surface area contributed by atoms with Crippen LogP contribution in [0.25, 0.3) is 0 Å². The van der Waals surface area contributed by atoms with Crippen molar-refractivity contribution in [1.29, 1.82) is 0 Å². The summed E-state index contributed by atoms with van der Waals surface area (Å²) in [4.78, 5) is 33.5. The molecule has 0 amide bonds. The Bertz CT molecular complexity index is 379. The second-order valence-electron chi connectivity index (χ2n) is 4.00. The van der Waals surface area contributed by atoms with Crippen LogP contribution in [0.3, 0.4) is 0 Å². The number of carbonyl (C=O) groups is 3. The number of Topliss-reactive ketones (excluding diaryl/α,β-unsaturated/α-hetero) is 1. The SMILES string of the molecule is COC(=O)CC(=O)CC1=CC(=O)OC(C)(C)O1. The Kier molecular flexibility index (Phi) is 3.88. The summed E-state index contributed by atoms with van der Waals surface area (Å²) in [6.07, 6.45) is 0.626. The average Bonchev–Trinajstić information content (AvgIpc) is 2.13. The first-order valence-corrected chi connectivity index (χ1v) is 5.03. The summed E-state index contributed by atoms with van der Waals surface area (Å²) >= 11 is 0. The van der Waals surface area contributed by atoms with Crippen LogP contribution in [-0.2, 0) is 28.6 Å². The van der Waals surface area contributed by atoms with E-state index in [0.29, 0.717) is 0 Å². The Morgan fingerprint density at radius 3 is 2.53 bits per heavy atom. The lowest BCUT2D eigenvalue weighted by Crippen LogP contribution is -2.34. The molecule has 0 saturated heterocycles. The average molecular weight is 242 g/mol. The maximum Gasteiger partial charge on any atom is 0.337 e. The number of methoxy groups -OCH3 is 1. The molecule has 0 aromatic carbocycles. The maximum absolute atomic E-state index is 11.4. The molecule has 0 bridgehead atoms. The van der Waals surface area contributed by atoms with E-state index in [1.54, 1.807) is 13.8 Å². The fourth-order valence-corrected chi connectivity index (χ4v) is 1.35. The number of hydrogen-bond acceptors (Lipinski definition) is 6. The lowest BCUT2D eigenvalue weighted by atomic mass is 10.1. The van der Waals surface area contributed by atoms with Gasteiger partial charge < -0.3 is 14.2 Å². The maximum atomic E-state index is 11.4. The van der Waals surface area contributed by atoms with Gasteiger partial charge >= 0.3 is 11.9 Å². The summed E-state index contributed by atoms with van der Waals surface area (Å²) in [6, 6.07) is 0. The van der Waals surface area contributed by atoms with Crippen LogP contribution in [0, 0.1) is 0 Å². The van der Waals surface area contributed by atoms with Gasteiger partial charge in [-0.05, 0) is 0 Å². The molecule has 0 aromatic heterocycles. The lowest BCUT2D eigenvalue weighted by Gasteiger charge is -2.30. The zero-order valence-corrected chi connectivity index (χ0v) is 9.94. The van der Waals surface area contributed by atoms with E-state index < -0.39 is 17.7 Å². The van der Waals surface area contributed by atoms with Crippen molar-refractivity contribution >= 4 is 17.7 Å². The molecule has 0 fully saturated rings. The molecule has 0 atom stereocenters. The Balaban J connectivity index is 2.60. The molecular formula is C11H14O6. The third-order valence-electron chi connectivity index (χ3n) is 1.94. The Morgan fingerprint density at radius 1 is 1.35 bits per heavy atom. The van der Waals surface area contributed by atoms with E-state index in [9.17, 15) is 14.4 Å². The van der Waals surface area contributed by atoms with Gasteiger partial charge in [-0.25, -0.2) is 4.79 Å². The number of allylic oxidation sites excluding steroid dienone is 1. The van der Waals surface area contributed by atoms with Gasteiger partial charge in [0.1, 0.15) is 12.2 Å². The summed E-state index contributed by atoms with van der Waals surface area (Å²) < 4.78 is 14.5. The Hall–Kier alpha value is -1.85. The predicted molar refractivity (Wildman–Crippen MR) is 55.6 cm³/mol. The quantitative estimate of drug-likeness (QED) is 0.533. The third kappa shape index (κ3) is 4.26. The third-order valence-corrected chi connectivity index (χ3v) is 1.94. The van der Waals surface area contributed by atoms with Gasteiger partial charge in [0.05, 0.1) is 19.6 Å². The summed E-state index contributed by atoms with van der Waals surface area (Å²) in [6.45, 7) is 3.12. The van der Waals surface area contributed by atoms with Crippen molar-refractivity contribution in [3.63, 3.8) is 0 Å². The van der Waals surface area contributed by atoms with Crippen LogP contribution in [0.2, 0.25) is 0 Å². The fourth-order valence-electron chi connectivity index (χ4n) is 1.35. The van der Waals surface area contributed by atoms with E-state index in [2.05, 4.69) is 4.74 Å². The molecule has 0 N–H and O–H groups in total. The highest BCUT2D eigenvalue weighted by Gasteiger charge is 2.30. The number of ether oxygens (including phenoxy) is 3. The topological polar surface area (TPSA) is 78.9 Å². The van der Waals surface area contributed by atoms with Crippen LogP contribution in [0.4, 0.5) is 0 Å². The molecule has 0 unspecified atom stereocenters. The van der Waals surface area contributed by atoms with Crippen molar-refractivity contribution in [2.24, 2.45) is 0 Å². The number of cyclic esters (lactones) is 1. The molecule has 0 aliphatic carbocycles. The molecule has 17 heavy (non-hydrogen) atoms. The zero-order chi connectivity index (χ0) is 13.1.